The minimum Gasteiger partial charge on any atom is -0.481 e. The third kappa shape index (κ3) is 5.75. The number of carboxylic acids is 1. The molecule has 8 unspecified atom stereocenters. The molecule has 0 spiro atoms. The fourth-order valence-corrected chi connectivity index (χ4v) is 12.6. The topological polar surface area (TPSA) is 102 Å². The van der Waals surface area contributed by atoms with Crippen LogP contribution >= 0.6 is 0 Å². The maximum atomic E-state index is 13.8. The number of aliphatic carboxylic acids is 1. The molecule has 1 aliphatic heterocycles. The van der Waals surface area contributed by atoms with Crippen molar-refractivity contribution in [3.8, 4) is 0 Å². The highest BCUT2D eigenvalue weighted by molar-refractivity contribution is 6.00. The predicted octanol–water partition coefficient (Wildman–Crippen LogP) is 7.62. The average Bonchev–Trinajstić information content (AvgIpc) is 3.25. The number of esters is 1. The number of carbonyl (C=O) groups excluding carboxylic acids is 2. The molecule has 0 aromatic carbocycles. The molecular formula is C40H63NO6. The van der Waals surface area contributed by atoms with Gasteiger partial charge in [0.05, 0.1) is 25.0 Å². The molecule has 8 atom stereocenters. The lowest BCUT2D eigenvalue weighted by Crippen LogP contribution is -2.63. The molecule has 47 heavy (non-hydrogen) atoms. The van der Waals surface area contributed by atoms with Crippen molar-refractivity contribution in [2.24, 2.45) is 62.6 Å². The summed E-state index contributed by atoms with van der Waals surface area (Å²) in [5, 5.41) is 13.3. The van der Waals surface area contributed by atoms with Gasteiger partial charge in [0.25, 0.3) is 0 Å². The highest BCUT2D eigenvalue weighted by atomic mass is 16.5. The number of carboxylic acid groups (broad SMARTS) is 1. The lowest BCUT2D eigenvalue weighted by atomic mass is 9.36. The molecule has 6 rings (SSSR count). The average molecular weight is 654 g/mol. The van der Waals surface area contributed by atoms with Crippen LogP contribution in [0, 0.1) is 62.6 Å². The Balaban J connectivity index is 1.21. The third-order valence-corrected chi connectivity index (χ3v) is 15.0. The molecule has 264 valence electrons. The van der Waals surface area contributed by atoms with Crippen molar-refractivity contribution in [2.75, 3.05) is 26.3 Å². The highest BCUT2D eigenvalue weighted by Crippen LogP contribution is 2.73. The molecule has 6 aliphatic rings. The highest BCUT2D eigenvalue weighted by Gasteiger charge is 2.66. The van der Waals surface area contributed by atoms with Gasteiger partial charge in [-0.2, -0.15) is 0 Å². The van der Waals surface area contributed by atoms with Crippen LogP contribution in [0.1, 0.15) is 126 Å². The van der Waals surface area contributed by atoms with Crippen molar-refractivity contribution in [1.82, 2.24) is 5.32 Å². The van der Waals surface area contributed by atoms with Crippen molar-refractivity contribution >= 4 is 17.7 Å². The summed E-state index contributed by atoms with van der Waals surface area (Å²) in [6, 6.07) is 0. The molecule has 0 aromatic heterocycles. The Hall–Kier alpha value is -1.73. The van der Waals surface area contributed by atoms with Gasteiger partial charge >= 0.3 is 11.9 Å². The van der Waals surface area contributed by atoms with Crippen molar-refractivity contribution in [3.63, 3.8) is 0 Å². The van der Waals surface area contributed by atoms with Crippen LogP contribution in [-0.4, -0.2) is 55.2 Å². The normalized spacial score (nSPS) is 39.9. The van der Waals surface area contributed by atoms with Crippen LogP contribution in [0.15, 0.2) is 11.1 Å². The first kappa shape index (κ1) is 35.1. The summed E-state index contributed by atoms with van der Waals surface area (Å²) in [7, 11) is 0. The Morgan fingerprint density at radius 2 is 1.68 bits per heavy atom. The van der Waals surface area contributed by atoms with Gasteiger partial charge in [0, 0.05) is 29.7 Å². The smallest absolute Gasteiger partial charge is 0.309 e. The van der Waals surface area contributed by atoms with Gasteiger partial charge in [-0.3, -0.25) is 14.4 Å². The number of rotatable bonds is 10. The molecule has 4 saturated carbocycles. The quantitative estimate of drug-likeness (QED) is 0.185. The summed E-state index contributed by atoms with van der Waals surface area (Å²) < 4.78 is 11.5. The van der Waals surface area contributed by atoms with E-state index in [0.29, 0.717) is 41.8 Å². The van der Waals surface area contributed by atoms with E-state index in [0.717, 1.165) is 58.4 Å². The van der Waals surface area contributed by atoms with E-state index in [9.17, 15) is 19.5 Å². The fourth-order valence-electron chi connectivity index (χ4n) is 12.6. The molecule has 7 heteroatoms. The van der Waals surface area contributed by atoms with Gasteiger partial charge in [0.2, 0.25) is 0 Å². The third-order valence-electron chi connectivity index (χ3n) is 15.0. The zero-order valence-corrected chi connectivity index (χ0v) is 30.6. The number of carbonyl (C=O) groups is 3. The SMILES string of the molecule is CC(C)C1=C2C3CCC4C(C)(CCC5C(C)(C)C(OC(=O)CC(C)(C)C(=O)O)CCC54C)C3CCC2(CCNCC2COC2)CC1=O. The van der Waals surface area contributed by atoms with E-state index in [1.807, 2.05) is 0 Å². The van der Waals surface area contributed by atoms with Gasteiger partial charge < -0.3 is 19.9 Å². The zero-order chi connectivity index (χ0) is 34.2. The standard InChI is InChI=1S/C40H63NO6/c1-24(2)33-28(42)19-40(17-18-41-21-25-22-46-23-25)16-11-27-26(34(33)40)9-10-30-38(27,7)14-12-29-37(5,6)31(13-15-39(29,30)8)47-32(43)20-36(3,4)35(44)45/h24-27,29-31,41H,9-23H2,1-8H3,(H,44,45). The van der Waals surface area contributed by atoms with E-state index < -0.39 is 17.4 Å². The first-order chi connectivity index (χ1) is 22.0. The molecule has 5 aliphatic carbocycles. The number of fused-ring (bicyclic) bond motifs is 7. The van der Waals surface area contributed by atoms with Gasteiger partial charge in [-0.05, 0) is 124 Å². The van der Waals surface area contributed by atoms with Crippen LogP contribution in [-0.2, 0) is 23.9 Å². The van der Waals surface area contributed by atoms with Gasteiger partial charge in [-0.25, -0.2) is 0 Å². The molecule has 0 bridgehead atoms. The molecular weight excluding hydrogens is 590 g/mol. The van der Waals surface area contributed by atoms with Gasteiger partial charge in [0.15, 0.2) is 5.78 Å². The minimum atomic E-state index is -1.13. The van der Waals surface area contributed by atoms with E-state index >= 15 is 0 Å². The van der Waals surface area contributed by atoms with Crippen molar-refractivity contribution in [2.45, 2.75) is 132 Å². The maximum absolute atomic E-state index is 13.8. The van der Waals surface area contributed by atoms with Crippen molar-refractivity contribution < 1.29 is 29.0 Å². The number of nitrogens with one attached hydrogen (secondary N) is 1. The van der Waals surface area contributed by atoms with Gasteiger partial charge in [-0.1, -0.05) is 47.1 Å². The number of hydrogen-bond donors (Lipinski definition) is 2. The molecule has 0 amide bonds. The number of ketones is 1. The Bertz CT molecular complexity index is 1300. The van der Waals surface area contributed by atoms with Crippen molar-refractivity contribution in [3.05, 3.63) is 11.1 Å². The second-order valence-corrected chi connectivity index (χ2v) is 18.9. The largest absolute Gasteiger partial charge is 0.481 e. The fraction of sp³-hybridized carbons (Fsp3) is 0.875. The first-order valence-corrected chi connectivity index (χ1v) is 19.0. The summed E-state index contributed by atoms with van der Waals surface area (Å²) in [4.78, 5) is 38.5. The number of Topliss-reactive ketones (excluding diaryl/α,β-unsaturated/α-hetero) is 1. The molecule has 0 aromatic rings. The van der Waals surface area contributed by atoms with Crippen molar-refractivity contribution in [1.29, 1.82) is 0 Å². The van der Waals surface area contributed by atoms with E-state index in [1.165, 1.54) is 31.3 Å². The van der Waals surface area contributed by atoms with Crippen LogP contribution < -0.4 is 5.32 Å². The van der Waals surface area contributed by atoms with Crippen LogP contribution in [0.3, 0.4) is 0 Å². The second-order valence-electron chi connectivity index (χ2n) is 18.9. The summed E-state index contributed by atoms with van der Waals surface area (Å²) >= 11 is 0. The van der Waals surface area contributed by atoms with Crippen LogP contribution in [0.4, 0.5) is 0 Å². The molecule has 1 heterocycles. The molecule has 0 radical (unpaired) electrons. The van der Waals surface area contributed by atoms with Gasteiger partial charge in [-0.15, -0.1) is 0 Å². The van der Waals surface area contributed by atoms with E-state index in [1.54, 1.807) is 19.4 Å². The summed E-state index contributed by atoms with van der Waals surface area (Å²) in [5.41, 5.74) is 1.87. The number of allylic oxidation sites excluding steroid dienone is 2. The minimum absolute atomic E-state index is 0.0321. The number of ether oxygens (including phenoxy) is 2. The Morgan fingerprint density at radius 1 is 0.979 bits per heavy atom. The van der Waals surface area contributed by atoms with Crippen LogP contribution in [0.5, 0.6) is 0 Å². The lowest BCUT2D eigenvalue weighted by molar-refractivity contribution is -0.213. The van der Waals surface area contributed by atoms with Crippen LogP contribution in [0.2, 0.25) is 0 Å². The summed E-state index contributed by atoms with van der Waals surface area (Å²) in [6.45, 7) is 21.2. The van der Waals surface area contributed by atoms with Crippen LogP contribution in [0.25, 0.3) is 0 Å². The predicted molar refractivity (Wildman–Crippen MR) is 183 cm³/mol. The second kappa shape index (κ2) is 12.2. The zero-order valence-electron chi connectivity index (χ0n) is 30.6. The van der Waals surface area contributed by atoms with E-state index in [2.05, 4.69) is 46.9 Å². The van der Waals surface area contributed by atoms with E-state index in [-0.39, 0.29) is 40.1 Å². The Kier molecular flexibility index (Phi) is 9.15. The van der Waals surface area contributed by atoms with Gasteiger partial charge in [0.1, 0.15) is 6.10 Å². The molecule has 1 saturated heterocycles. The number of hydrogen-bond acceptors (Lipinski definition) is 6. The molecule has 2 N–H and O–H groups in total. The van der Waals surface area contributed by atoms with E-state index in [4.69, 9.17) is 9.47 Å². The maximum Gasteiger partial charge on any atom is 0.309 e. The molecule has 7 nitrogen and oxygen atoms in total. The first-order valence-electron chi connectivity index (χ1n) is 19.0. The Morgan fingerprint density at radius 3 is 2.32 bits per heavy atom. The Labute approximate surface area is 283 Å². The molecule has 5 fully saturated rings. The summed E-state index contributed by atoms with van der Waals surface area (Å²) in [5.74, 6) is 2.14. The lowest BCUT2D eigenvalue weighted by Gasteiger charge is -2.69. The summed E-state index contributed by atoms with van der Waals surface area (Å²) in [6.07, 6.45) is 10.4. The monoisotopic (exact) mass is 653 g/mol.